The van der Waals surface area contributed by atoms with Crippen LogP contribution in [0, 0.1) is 6.92 Å². The van der Waals surface area contributed by atoms with Crippen molar-refractivity contribution in [2.45, 2.75) is 20.8 Å². The van der Waals surface area contributed by atoms with Gasteiger partial charge in [0.1, 0.15) is 5.56 Å². The van der Waals surface area contributed by atoms with Crippen molar-refractivity contribution in [2.24, 2.45) is 5.10 Å². The van der Waals surface area contributed by atoms with E-state index in [1.807, 2.05) is 31.2 Å². The SMILES string of the molecule is CCOC(=O)c1c(N/N=C(\C)c2ccc(Br)cc2)n[nH]c1C. The maximum absolute atomic E-state index is 11.9. The number of carbonyl (C=O) groups is 1. The smallest absolute Gasteiger partial charge is 0.343 e. The zero-order valence-electron chi connectivity index (χ0n) is 12.6. The highest BCUT2D eigenvalue weighted by Gasteiger charge is 2.19. The van der Waals surface area contributed by atoms with Gasteiger partial charge in [-0.1, -0.05) is 28.1 Å². The van der Waals surface area contributed by atoms with Crippen molar-refractivity contribution in [3.05, 3.63) is 45.6 Å². The lowest BCUT2D eigenvalue weighted by molar-refractivity contribution is 0.0526. The van der Waals surface area contributed by atoms with Crippen LogP contribution in [0.1, 0.15) is 35.5 Å². The Morgan fingerprint density at radius 2 is 2.09 bits per heavy atom. The topological polar surface area (TPSA) is 79.4 Å². The summed E-state index contributed by atoms with van der Waals surface area (Å²) in [6.07, 6.45) is 0. The number of aromatic nitrogens is 2. The van der Waals surface area contributed by atoms with Crippen LogP contribution in [-0.2, 0) is 4.74 Å². The van der Waals surface area contributed by atoms with E-state index in [2.05, 4.69) is 36.7 Å². The average Bonchev–Trinajstić information content (AvgIpc) is 2.86. The summed E-state index contributed by atoms with van der Waals surface area (Å²) in [5, 5.41) is 11.1. The minimum absolute atomic E-state index is 0.310. The number of nitrogens with zero attached hydrogens (tertiary/aromatic N) is 2. The number of ether oxygens (including phenoxy) is 1. The van der Waals surface area contributed by atoms with Gasteiger partial charge < -0.3 is 4.74 Å². The minimum atomic E-state index is -0.423. The summed E-state index contributed by atoms with van der Waals surface area (Å²) in [6.45, 7) is 5.70. The van der Waals surface area contributed by atoms with E-state index in [1.54, 1.807) is 13.8 Å². The summed E-state index contributed by atoms with van der Waals surface area (Å²) in [7, 11) is 0. The molecule has 0 aliphatic heterocycles. The lowest BCUT2D eigenvalue weighted by Gasteiger charge is -2.05. The van der Waals surface area contributed by atoms with Gasteiger partial charge in [-0.2, -0.15) is 10.2 Å². The first-order chi connectivity index (χ1) is 10.5. The molecule has 0 aliphatic carbocycles. The van der Waals surface area contributed by atoms with Gasteiger partial charge in [-0.25, -0.2) is 4.79 Å². The van der Waals surface area contributed by atoms with Crippen molar-refractivity contribution < 1.29 is 9.53 Å². The fourth-order valence-electron chi connectivity index (χ4n) is 1.86. The quantitative estimate of drug-likeness (QED) is 0.483. The van der Waals surface area contributed by atoms with Crippen molar-refractivity contribution in [1.82, 2.24) is 10.2 Å². The number of benzene rings is 1. The van der Waals surface area contributed by atoms with Crippen LogP contribution in [-0.4, -0.2) is 28.5 Å². The molecule has 0 radical (unpaired) electrons. The number of aromatic amines is 1. The van der Waals surface area contributed by atoms with Crippen molar-refractivity contribution in [1.29, 1.82) is 0 Å². The molecule has 0 fully saturated rings. The molecule has 2 rings (SSSR count). The third-order valence-corrected chi connectivity index (χ3v) is 3.55. The molecule has 2 aromatic rings. The Labute approximate surface area is 137 Å². The molecule has 0 bridgehead atoms. The van der Waals surface area contributed by atoms with Gasteiger partial charge in [-0.05, 0) is 38.5 Å². The Balaban J connectivity index is 2.19. The molecule has 0 amide bonds. The largest absolute Gasteiger partial charge is 0.462 e. The molecule has 0 spiro atoms. The number of esters is 1. The number of halogens is 1. The zero-order chi connectivity index (χ0) is 16.1. The highest BCUT2D eigenvalue weighted by molar-refractivity contribution is 9.10. The lowest BCUT2D eigenvalue weighted by Crippen LogP contribution is -2.08. The predicted octanol–water partition coefficient (Wildman–Crippen LogP) is 3.49. The fraction of sp³-hybridized carbons (Fsp3) is 0.267. The third-order valence-electron chi connectivity index (χ3n) is 3.02. The molecule has 0 saturated carbocycles. The monoisotopic (exact) mass is 364 g/mol. The number of rotatable bonds is 5. The summed E-state index contributed by atoms with van der Waals surface area (Å²) in [5.74, 6) is -0.0693. The number of hydrogen-bond acceptors (Lipinski definition) is 5. The Morgan fingerprint density at radius 1 is 1.41 bits per heavy atom. The molecule has 6 nitrogen and oxygen atoms in total. The number of aryl methyl sites for hydroxylation is 1. The fourth-order valence-corrected chi connectivity index (χ4v) is 2.12. The van der Waals surface area contributed by atoms with Gasteiger partial charge in [0, 0.05) is 10.2 Å². The average molecular weight is 365 g/mol. The maximum atomic E-state index is 11.9. The van der Waals surface area contributed by atoms with Crippen molar-refractivity contribution >= 4 is 33.4 Å². The van der Waals surface area contributed by atoms with Crippen LogP contribution in [0.25, 0.3) is 0 Å². The van der Waals surface area contributed by atoms with Gasteiger partial charge in [-0.3, -0.25) is 10.5 Å². The van der Waals surface area contributed by atoms with Crippen LogP contribution in [0.2, 0.25) is 0 Å². The Morgan fingerprint density at radius 3 is 2.73 bits per heavy atom. The predicted molar refractivity (Wildman–Crippen MR) is 89.3 cm³/mol. The normalized spacial score (nSPS) is 11.4. The van der Waals surface area contributed by atoms with E-state index in [-0.39, 0.29) is 0 Å². The number of anilines is 1. The van der Waals surface area contributed by atoms with E-state index in [4.69, 9.17) is 4.74 Å². The van der Waals surface area contributed by atoms with Crippen LogP contribution >= 0.6 is 15.9 Å². The third kappa shape index (κ3) is 3.73. The molecule has 7 heteroatoms. The Kier molecular flexibility index (Phi) is 5.32. The van der Waals surface area contributed by atoms with E-state index in [9.17, 15) is 4.79 Å². The molecule has 0 atom stereocenters. The molecule has 22 heavy (non-hydrogen) atoms. The summed E-state index contributed by atoms with van der Waals surface area (Å²) in [5.41, 5.74) is 5.58. The maximum Gasteiger partial charge on any atom is 0.343 e. The van der Waals surface area contributed by atoms with E-state index >= 15 is 0 Å². The number of H-pyrrole nitrogens is 1. The van der Waals surface area contributed by atoms with Crippen LogP contribution < -0.4 is 5.43 Å². The van der Waals surface area contributed by atoms with Crippen LogP contribution in [0.4, 0.5) is 5.82 Å². The van der Waals surface area contributed by atoms with Crippen LogP contribution in [0.3, 0.4) is 0 Å². The van der Waals surface area contributed by atoms with Gasteiger partial charge in [0.2, 0.25) is 0 Å². The van der Waals surface area contributed by atoms with E-state index in [1.165, 1.54) is 0 Å². The first-order valence-electron chi connectivity index (χ1n) is 6.81. The summed E-state index contributed by atoms with van der Waals surface area (Å²) < 4.78 is 6.02. The molecule has 2 N–H and O–H groups in total. The molecule has 0 aliphatic rings. The molecule has 1 heterocycles. The number of hydrazone groups is 1. The standard InChI is InChI=1S/C15H17BrN4O2/c1-4-22-15(21)13-10(3)18-20-14(13)19-17-9(2)11-5-7-12(16)8-6-11/h5-8H,4H2,1-3H3,(H2,18,19,20)/b17-9+. The van der Waals surface area contributed by atoms with E-state index < -0.39 is 5.97 Å². The molecular formula is C15H17BrN4O2. The van der Waals surface area contributed by atoms with Gasteiger partial charge >= 0.3 is 5.97 Å². The lowest BCUT2D eigenvalue weighted by atomic mass is 10.1. The first-order valence-corrected chi connectivity index (χ1v) is 7.60. The van der Waals surface area contributed by atoms with Gasteiger partial charge in [0.05, 0.1) is 12.3 Å². The molecule has 1 aromatic heterocycles. The number of hydrogen-bond donors (Lipinski definition) is 2. The van der Waals surface area contributed by atoms with Crippen LogP contribution in [0.15, 0.2) is 33.8 Å². The van der Waals surface area contributed by atoms with Gasteiger partial charge in [0.25, 0.3) is 0 Å². The van der Waals surface area contributed by atoms with Crippen LogP contribution in [0.5, 0.6) is 0 Å². The van der Waals surface area contributed by atoms with Gasteiger partial charge in [0.15, 0.2) is 5.82 Å². The Hall–Kier alpha value is -2.15. The summed E-state index contributed by atoms with van der Waals surface area (Å²) in [4.78, 5) is 11.9. The molecule has 0 saturated heterocycles. The van der Waals surface area contributed by atoms with E-state index in [0.717, 1.165) is 15.7 Å². The second kappa shape index (κ2) is 7.22. The molecule has 1 aromatic carbocycles. The number of carbonyl (C=O) groups excluding carboxylic acids is 1. The Bertz CT molecular complexity index is 692. The molecule has 116 valence electrons. The summed E-state index contributed by atoms with van der Waals surface area (Å²) >= 11 is 3.39. The van der Waals surface area contributed by atoms with Crippen molar-refractivity contribution in [2.75, 3.05) is 12.0 Å². The van der Waals surface area contributed by atoms with Crippen molar-refractivity contribution in [3.8, 4) is 0 Å². The first kappa shape index (κ1) is 16.2. The minimum Gasteiger partial charge on any atom is -0.462 e. The highest BCUT2D eigenvalue weighted by atomic mass is 79.9. The second-order valence-corrected chi connectivity index (χ2v) is 5.52. The summed E-state index contributed by atoms with van der Waals surface area (Å²) in [6, 6.07) is 7.79. The van der Waals surface area contributed by atoms with Gasteiger partial charge in [-0.15, -0.1) is 0 Å². The van der Waals surface area contributed by atoms with Crippen molar-refractivity contribution in [3.63, 3.8) is 0 Å². The zero-order valence-corrected chi connectivity index (χ0v) is 14.2. The molecule has 0 unspecified atom stereocenters. The highest BCUT2D eigenvalue weighted by Crippen LogP contribution is 2.18. The van der Waals surface area contributed by atoms with E-state index in [0.29, 0.717) is 23.7 Å². The molecular weight excluding hydrogens is 348 g/mol. The number of nitrogens with one attached hydrogen (secondary N) is 2. The second-order valence-electron chi connectivity index (χ2n) is 4.61.